The summed E-state index contributed by atoms with van der Waals surface area (Å²) in [5.74, 6) is 0.639. The van der Waals surface area contributed by atoms with Crippen LogP contribution in [0.15, 0.2) is 35.3 Å². The van der Waals surface area contributed by atoms with Crippen LogP contribution in [0.1, 0.15) is 31.9 Å². The summed E-state index contributed by atoms with van der Waals surface area (Å²) in [4.78, 5) is 4.35. The van der Waals surface area contributed by atoms with Gasteiger partial charge in [0.05, 0.1) is 6.04 Å². The van der Waals surface area contributed by atoms with Gasteiger partial charge in [0, 0.05) is 19.7 Å². The minimum Gasteiger partial charge on any atom is -0.372 e. The van der Waals surface area contributed by atoms with Gasteiger partial charge in [0.2, 0.25) is 0 Å². The van der Waals surface area contributed by atoms with Gasteiger partial charge in [0.15, 0.2) is 5.96 Å². The minimum atomic E-state index is -4.27. The molecule has 23 heavy (non-hydrogen) atoms. The number of benzene rings is 1. The maximum absolute atomic E-state index is 11.9. The molecule has 0 amide bonds. The molecule has 4 nitrogen and oxygen atoms in total. The van der Waals surface area contributed by atoms with Gasteiger partial charge in [-0.05, 0) is 25.8 Å². The molecule has 7 heteroatoms. The third kappa shape index (κ3) is 9.07. The number of nitrogens with one attached hydrogen (secondary N) is 2. The monoisotopic (exact) mass is 331 g/mol. The predicted molar refractivity (Wildman–Crippen MR) is 85.5 cm³/mol. The molecule has 0 radical (unpaired) electrons. The lowest BCUT2D eigenvalue weighted by Gasteiger charge is -2.18. The second-order valence-corrected chi connectivity index (χ2v) is 5.06. The number of hydrogen-bond donors (Lipinski definition) is 2. The summed E-state index contributed by atoms with van der Waals surface area (Å²) in [5.41, 5.74) is 1.13. The average molecular weight is 331 g/mol. The van der Waals surface area contributed by atoms with E-state index in [9.17, 15) is 13.2 Å². The van der Waals surface area contributed by atoms with Crippen molar-refractivity contribution in [1.82, 2.24) is 10.6 Å². The summed E-state index contributed by atoms with van der Waals surface area (Å²) in [6.07, 6.45) is -3.84. The van der Waals surface area contributed by atoms with Crippen LogP contribution in [0.4, 0.5) is 13.2 Å². The molecular weight excluding hydrogens is 307 g/mol. The number of aliphatic imine (C=N–C) groups is 1. The zero-order chi connectivity index (χ0) is 17.1. The van der Waals surface area contributed by atoms with Crippen LogP contribution in [0.5, 0.6) is 0 Å². The van der Waals surface area contributed by atoms with Gasteiger partial charge in [-0.25, -0.2) is 0 Å². The van der Waals surface area contributed by atoms with E-state index in [4.69, 9.17) is 0 Å². The highest BCUT2D eigenvalue weighted by atomic mass is 19.4. The van der Waals surface area contributed by atoms with Gasteiger partial charge in [-0.2, -0.15) is 13.2 Å². The van der Waals surface area contributed by atoms with Gasteiger partial charge in [-0.3, -0.25) is 4.99 Å². The first kappa shape index (κ1) is 19.3. The molecule has 0 aliphatic heterocycles. The molecule has 1 unspecified atom stereocenters. The summed E-state index contributed by atoms with van der Waals surface area (Å²) in [7, 11) is 0. The van der Waals surface area contributed by atoms with Crippen LogP contribution < -0.4 is 10.6 Å². The first-order valence-electron chi connectivity index (χ1n) is 7.66. The third-order valence-corrected chi connectivity index (χ3v) is 2.98. The molecule has 0 aliphatic carbocycles. The summed E-state index contributed by atoms with van der Waals surface area (Å²) in [6.45, 7) is 3.91. The Morgan fingerprint density at radius 3 is 2.57 bits per heavy atom. The number of rotatable bonds is 8. The van der Waals surface area contributed by atoms with Crippen molar-refractivity contribution in [2.45, 2.75) is 32.5 Å². The predicted octanol–water partition coefficient (Wildman–Crippen LogP) is 3.27. The smallest absolute Gasteiger partial charge is 0.372 e. The van der Waals surface area contributed by atoms with E-state index in [1.165, 1.54) is 0 Å². The number of alkyl halides is 3. The molecule has 0 aromatic heterocycles. The Labute approximate surface area is 135 Å². The maximum atomic E-state index is 11.9. The summed E-state index contributed by atoms with van der Waals surface area (Å²) in [5, 5.41) is 6.38. The standard InChI is InChI=1S/C16H24F3N3O/c1-3-20-15(21-10-7-11-23-12-16(17,18)19)22-13(2)14-8-5-4-6-9-14/h4-6,8-9,13H,3,7,10-12H2,1-2H3,(H2,20,21,22). The lowest BCUT2D eigenvalue weighted by atomic mass is 10.1. The Morgan fingerprint density at radius 2 is 1.96 bits per heavy atom. The highest BCUT2D eigenvalue weighted by Crippen LogP contribution is 2.14. The Balaban J connectivity index is 2.38. The molecule has 0 heterocycles. The number of ether oxygens (including phenoxy) is 1. The van der Waals surface area contributed by atoms with Crippen molar-refractivity contribution >= 4 is 5.96 Å². The lowest BCUT2D eigenvalue weighted by molar-refractivity contribution is -0.173. The van der Waals surface area contributed by atoms with Crippen molar-refractivity contribution in [3.05, 3.63) is 35.9 Å². The topological polar surface area (TPSA) is 45.7 Å². The van der Waals surface area contributed by atoms with Crippen molar-refractivity contribution in [3.63, 3.8) is 0 Å². The zero-order valence-electron chi connectivity index (χ0n) is 13.5. The lowest BCUT2D eigenvalue weighted by Crippen LogP contribution is -2.38. The Kier molecular flexibility index (Phi) is 8.47. The van der Waals surface area contributed by atoms with Crippen LogP contribution in [-0.4, -0.2) is 38.4 Å². The molecular formula is C16H24F3N3O. The molecule has 130 valence electrons. The Hall–Kier alpha value is -1.76. The fourth-order valence-corrected chi connectivity index (χ4v) is 1.90. The maximum Gasteiger partial charge on any atom is 0.411 e. The highest BCUT2D eigenvalue weighted by Gasteiger charge is 2.27. The van der Waals surface area contributed by atoms with Crippen LogP contribution in [0.2, 0.25) is 0 Å². The van der Waals surface area contributed by atoms with Crippen LogP contribution in [0.25, 0.3) is 0 Å². The second kappa shape index (κ2) is 10.1. The number of guanidine groups is 1. The Bertz CT molecular complexity index is 463. The number of halogens is 3. The molecule has 0 saturated heterocycles. The number of hydrogen-bond acceptors (Lipinski definition) is 2. The van der Waals surface area contributed by atoms with Crippen LogP contribution >= 0.6 is 0 Å². The summed E-state index contributed by atoms with van der Waals surface area (Å²) in [6, 6.07) is 10.0. The highest BCUT2D eigenvalue weighted by molar-refractivity contribution is 5.80. The first-order valence-corrected chi connectivity index (χ1v) is 7.66. The third-order valence-electron chi connectivity index (χ3n) is 2.98. The van der Waals surface area contributed by atoms with Crippen molar-refractivity contribution in [2.75, 3.05) is 26.3 Å². The van der Waals surface area contributed by atoms with Gasteiger partial charge in [0.1, 0.15) is 6.61 Å². The van der Waals surface area contributed by atoms with Crippen molar-refractivity contribution < 1.29 is 17.9 Å². The van der Waals surface area contributed by atoms with Gasteiger partial charge < -0.3 is 15.4 Å². The van der Waals surface area contributed by atoms with Gasteiger partial charge >= 0.3 is 6.18 Å². The van der Waals surface area contributed by atoms with E-state index in [-0.39, 0.29) is 12.6 Å². The molecule has 1 aromatic carbocycles. The average Bonchev–Trinajstić information content (AvgIpc) is 2.50. The van der Waals surface area contributed by atoms with Crippen molar-refractivity contribution in [3.8, 4) is 0 Å². The number of nitrogens with zero attached hydrogens (tertiary/aromatic N) is 1. The van der Waals surface area contributed by atoms with Crippen LogP contribution in [-0.2, 0) is 4.74 Å². The molecule has 1 atom stereocenters. The fourth-order valence-electron chi connectivity index (χ4n) is 1.90. The zero-order valence-corrected chi connectivity index (χ0v) is 13.5. The van der Waals surface area contributed by atoms with Crippen molar-refractivity contribution in [1.29, 1.82) is 0 Å². The van der Waals surface area contributed by atoms with E-state index >= 15 is 0 Å². The first-order chi connectivity index (χ1) is 10.9. The largest absolute Gasteiger partial charge is 0.411 e. The summed E-state index contributed by atoms with van der Waals surface area (Å²) >= 11 is 0. The van der Waals surface area contributed by atoms with E-state index in [1.54, 1.807) is 0 Å². The normalized spacial score (nSPS) is 13.7. The van der Waals surface area contributed by atoms with E-state index in [0.29, 0.717) is 25.5 Å². The van der Waals surface area contributed by atoms with Gasteiger partial charge in [-0.1, -0.05) is 30.3 Å². The molecule has 0 aliphatic rings. The van der Waals surface area contributed by atoms with E-state index in [1.807, 2.05) is 44.2 Å². The van der Waals surface area contributed by atoms with E-state index in [0.717, 1.165) is 5.56 Å². The van der Waals surface area contributed by atoms with Gasteiger partial charge in [0.25, 0.3) is 0 Å². The SMILES string of the molecule is CCNC(=NCCCOCC(F)(F)F)NC(C)c1ccccc1. The van der Waals surface area contributed by atoms with Crippen molar-refractivity contribution in [2.24, 2.45) is 4.99 Å². The van der Waals surface area contributed by atoms with E-state index in [2.05, 4.69) is 20.4 Å². The summed E-state index contributed by atoms with van der Waals surface area (Å²) < 4.78 is 40.3. The van der Waals surface area contributed by atoms with Gasteiger partial charge in [-0.15, -0.1) is 0 Å². The van der Waals surface area contributed by atoms with Crippen LogP contribution in [0.3, 0.4) is 0 Å². The molecule has 0 fully saturated rings. The quantitative estimate of drug-likeness (QED) is 0.437. The molecule has 2 N–H and O–H groups in total. The molecule has 0 bridgehead atoms. The Morgan fingerprint density at radius 1 is 1.26 bits per heavy atom. The molecule has 1 rings (SSSR count). The second-order valence-electron chi connectivity index (χ2n) is 5.06. The fraction of sp³-hybridized carbons (Fsp3) is 0.562. The minimum absolute atomic E-state index is 0.0383. The molecule has 0 saturated carbocycles. The molecule has 1 aromatic rings. The van der Waals surface area contributed by atoms with E-state index < -0.39 is 12.8 Å². The van der Waals surface area contributed by atoms with Crippen LogP contribution in [0, 0.1) is 0 Å². The molecule has 0 spiro atoms.